The van der Waals surface area contributed by atoms with Crippen LogP contribution in [-0.2, 0) is 5.41 Å². The average Bonchev–Trinajstić information content (AvgIpc) is 2.78. The van der Waals surface area contributed by atoms with E-state index in [1.165, 1.54) is 0 Å². The lowest BCUT2D eigenvalue weighted by atomic mass is 9.60. The lowest BCUT2D eigenvalue weighted by Crippen LogP contribution is -2.39. The largest absolute Gasteiger partial charge is 0.289 e. The molecule has 2 heteroatoms. The van der Waals surface area contributed by atoms with Crippen LogP contribution in [0.15, 0.2) is 108 Å². The van der Waals surface area contributed by atoms with Gasteiger partial charge in [0.15, 0.2) is 11.6 Å². The molecule has 134 valence electrons. The minimum absolute atomic E-state index is 0.0535. The third kappa shape index (κ3) is 2.21. The number of carbonyl (C=O) groups excluding carboxylic acids is 2. The molecule has 0 amide bonds. The van der Waals surface area contributed by atoms with E-state index >= 15 is 0 Å². The molecule has 0 aliphatic heterocycles. The summed E-state index contributed by atoms with van der Waals surface area (Å²) in [4.78, 5) is 27.0. The number of carbonyl (C=O) groups is 2. The van der Waals surface area contributed by atoms with Crippen molar-refractivity contribution in [3.63, 3.8) is 0 Å². The zero-order chi connectivity index (χ0) is 19.1. The first kappa shape index (κ1) is 16.6. The third-order valence-electron chi connectivity index (χ3n) is 5.83. The normalized spacial score (nSPS) is 17.3. The average molecular weight is 362 g/mol. The predicted octanol–water partition coefficient (Wildman–Crippen LogP) is 5.31. The van der Waals surface area contributed by atoms with Gasteiger partial charge in [-0.05, 0) is 17.5 Å². The molecule has 0 radical (unpaired) electrons. The SMILES string of the molecule is O=C1C2=C(C(=O)c3ccccc31)C(c1ccccc1)(c1ccccc1)CC=C2. The maximum atomic E-state index is 13.7. The van der Waals surface area contributed by atoms with Crippen molar-refractivity contribution in [3.8, 4) is 0 Å². The van der Waals surface area contributed by atoms with Gasteiger partial charge in [-0.15, -0.1) is 0 Å². The quantitative estimate of drug-likeness (QED) is 0.619. The van der Waals surface area contributed by atoms with Gasteiger partial charge in [-0.3, -0.25) is 9.59 Å². The molecule has 0 unspecified atom stereocenters. The van der Waals surface area contributed by atoms with E-state index in [0.717, 1.165) is 11.1 Å². The molecule has 3 aromatic rings. The number of Topliss-reactive ketones (excluding diaryl/α,β-unsaturated/α-hetero) is 2. The van der Waals surface area contributed by atoms with Gasteiger partial charge >= 0.3 is 0 Å². The van der Waals surface area contributed by atoms with Crippen molar-refractivity contribution in [1.29, 1.82) is 0 Å². The first-order valence-corrected chi connectivity index (χ1v) is 9.44. The Labute approximate surface area is 163 Å². The molecule has 0 N–H and O–H groups in total. The van der Waals surface area contributed by atoms with Gasteiger partial charge in [0.05, 0.1) is 5.41 Å². The number of fused-ring (bicyclic) bond motifs is 1. The number of ketones is 2. The van der Waals surface area contributed by atoms with E-state index in [-0.39, 0.29) is 11.6 Å². The van der Waals surface area contributed by atoms with Crippen LogP contribution in [0.25, 0.3) is 0 Å². The highest BCUT2D eigenvalue weighted by Gasteiger charge is 2.47. The van der Waals surface area contributed by atoms with Crippen LogP contribution in [0, 0.1) is 0 Å². The minimum atomic E-state index is -0.674. The molecule has 2 nitrogen and oxygen atoms in total. The lowest BCUT2D eigenvalue weighted by Gasteiger charge is -2.40. The fourth-order valence-corrected chi connectivity index (χ4v) is 4.57. The molecule has 2 aliphatic carbocycles. The van der Waals surface area contributed by atoms with Crippen LogP contribution in [0.2, 0.25) is 0 Å². The summed E-state index contributed by atoms with van der Waals surface area (Å²) >= 11 is 0. The maximum absolute atomic E-state index is 13.7. The molecule has 0 bridgehead atoms. The monoisotopic (exact) mass is 362 g/mol. The van der Waals surface area contributed by atoms with E-state index < -0.39 is 5.41 Å². The number of hydrogen-bond donors (Lipinski definition) is 0. The molecular formula is C26H18O2. The van der Waals surface area contributed by atoms with E-state index in [1.807, 2.05) is 60.7 Å². The van der Waals surface area contributed by atoms with E-state index in [0.29, 0.717) is 28.7 Å². The molecule has 5 rings (SSSR count). The summed E-state index contributed by atoms with van der Waals surface area (Å²) in [6, 6.07) is 27.2. The highest BCUT2D eigenvalue weighted by Crippen LogP contribution is 2.49. The van der Waals surface area contributed by atoms with Crippen LogP contribution in [0.1, 0.15) is 38.3 Å². The predicted molar refractivity (Wildman–Crippen MR) is 110 cm³/mol. The van der Waals surface area contributed by atoms with Crippen LogP contribution in [0.5, 0.6) is 0 Å². The molecule has 2 aliphatic rings. The molecule has 0 heterocycles. The Balaban J connectivity index is 1.86. The van der Waals surface area contributed by atoms with Gasteiger partial charge in [0.1, 0.15) is 0 Å². The molecule has 0 spiro atoms. The summed E-state index contributed by atoms with van der Waals surface area (Å²) in [5.74, 6) is -0.125. The third-order valence-corrected chi connectivity index (χ3v) is 5.83. The highest BCUT2D eigenvalue weighted by atomic mass is 16.1. The van der Waals surface area contributed by atoms with Crippen molar-refractivity contribution in [2.45, 2.75) is 11.8 Å². The minimum Gasteiger partial charge on any atom is -0.289 e. The summed E-state index contributed by atoms with van der Waals surface area (Å²) in [6.45, 7) is 0. The fourth-order valence-electron chi connectivity index (χ4n) is 4.57. The van der Waals surface area contributed by atoms with Gasteiger partial charge in [-0.2, -0.15) is 0 Å². The zero-order valence-electron chi connectivity index (χ0n) is 15.3. The van der Waals surface area contributed by atoms with Gasteiger partial charge in [-0.25, -0.2) is 0 Å². The number of rotatable bonds is 2. The summed E-state index contributed by atoms with van der Waals surface area (Å²) in [5.41, 5.74) is 3.48. The molecule has 0 saturated heterocycles. The van der Waals surface area contributed by atoms with E-state index in [9.17, 15) is 9.59 Å². The molecule has 0 fully saturated rings. The standard InChI is InChI=1S/C26H18O2/c27-24-20-14-7-8-15-21(20)25(28)23-22(24)16-9-17-26(23,18-10-3-1-4-11-18)19-12-5-2-6-13-19/h1-16H,17H2. The Hall–Kier alpha value is -3.52. The Morgan fingerprint density at radius 3 is 1.68 bits per heavy atom. The molecular weight excluding hydrogens is 344 g/mol. The lowest BCUT2D eigenvalue weighted by molar-refractivity contribution is 0.0965. The smallest absolute Gasteiger partial charge is 0.194 e. The summed E-state index contributed by atoms with van der Waals surface area (Å²) in [6.07, 6.45) is 4.49. The molecule has 0 atom stereocenters. The first-order valence-electron chi connectivity index (χ1n) is 9.44. The molecule has 0 saturated carbocycles. The summed E-state index contributed by atoms with van der Waals surface area (Å²) in [7, 11) is 0. The van der Waals surface area contributed by atoms with Crippen molar-refractivity contribution < 1.29 is 9.59 Å². The maximum Gasteiger partial charge on any atom is 0.194 e. The van der Waals surface area contributed by atoms with Crippen molar-refractivity contribution in [3.05, 3.63) is 130 Å². The number of hydrogen-bond acceptors (Lipinski definition) is 2. The molecule has 0 aromatic heterocycles. The van der Waals surface area contributed by atoms with E-state index in [2.05, 4.69) is 24.3 Å². The van der Waals surface area contributed by atoms with Gasteiger partial charge in [0.25, 0.3) is 0 Å². The van der Waals surface area contributed by atoms with Crippen molar-refractivity contribution in [2.24, 2.45) is 0 Å². The van der Waals surface area contributed by atoms with Crippen LogP contribution in [0.3, 0.4) is 0 Å². The Kier molecular flexibility index (Phi) is 3.73. The van der Waals surface area contributed by atoms with Gasteiger partial charge in [0, 0.05) is 22.3 Å². The van der Waals surface area contributed by atoms with E-state index in [4.69, 9.17) is 0 Å². The van der Waals surface area contributed by atoms with Crippen molar-refractivity contribution in [2.75, 3.05) is 0 Å². The summed E-state index contributed by atoms with van der Waals surface area (Å²) < 4.78 is 0. The topological polar surface area (TPSA) is 34.1 Å². The molecule has 3 aromatic carbocycles. The Bertz CT molecular complexity index is 1110. The van der Waals surface area contributed by atoms with Crippen LogP contribution in [0.4, 0.5) is 0 Å². The second kappa shape index (κ2) is 6.28. The number of allylic oxidation sites excluding steroid dienone is 4. The van der Waals surface area contributed by atoms with Gasteiger partial charge in [-0.1, -0.05) is 97.1 Å². The zero-order valence-corrected chi connectivity index (χ0v) is 15.3. The van der Waals surface area contributed by atoms with Crippen molar-refractivity contribution >= 4 is 11.6 Å². The second-order valence-corrected chi connectivity index (χ2v) is 7.24. The van der Waals surface area contributed by atoms with Crippen LogP contribution in [-0.4, -0.2) is 11.6 Å². The van der Waals surface area contributed by atoms with Crippen LogP contribution < -0.4 is 0 Å². The Morgan fingerprint density at radius 2 is 1.11 bits per heavy atom. The van der Waals surface area contributed by atoms with Gasteiger partial charge in [0.2, 0.25) is 0 Å². The van der Waals surface area contributed by atoms with Crippen molar-refractivity contribution in [1.82, 2.24) is 0 Å². The number of benzene rings is 3. The van der Waals surface area contributed by atoms with E-state index in [1.54, 1.807) is 12.1 Å². The summed E-state index contributed by atoms with van der Waals surface area (Å²) in [5, 5.41) is 0. The first-order chi connectivity index (χ1) is 13.7. The highest BCUT2D eigenvalue weighted by molar-refractivity contribution is 6.29. The fraction of sp³-hybridized carbons (Fsp3) is 0.0769. The van der Waals surface area contributed by atoms with Crippen LogP contribution >= 0.6 is 0 Å². The second-order valence-electron chi connectivity index (χ2n) is 7.24. The van der Waals surface area contributed by atoms with Gasteiger partial charge < -0.3 is 0 Å². The Morgan fingerprint density at radius 1 is 0.607 bits per heavy atom. The molecule has 28 heavy (non-hydrogen) atoms.